The third kappa shape index (κ3) is 6.71. The Morgan fingerprint density at radius 1 is 1.15 bits per heavy atom. The molecule has 3 unspecified atom stereocenters. The summed E-state index contributed by atoms with van der Waals surface area (Å²) in [4.78, 5) is 13.7. The molecular formula is C34H34Cl3N5O4S2. The number of aromatic nitrogens is 3. The van der Waals surface area contributed by atoms with Crippen LogP contribution in [-0.2, 0) is 19.6 Å². The number of sulfonamides is 1. The van der Waals surface area contributed by atoms with Crippen molar-refractivity contribution in [2.75, 3.05) is 6.61 Å². The average Bonchev–Trinajstić information content (AvgIpc) is 3.52. The number of benzene rings is 3. The lowest BCUT2D eigenvalue weighted by molar-refractivity contribution is -0.127. The first-order valence-corrected chi connectivity index (χ1v) is 18.5. The van der Waals surface area contributed by atoms with Gasteiger partial charge in [-0.3, -0.25) is 9.20 Å². The van der Waals surface area contributed by atoms with Crippen LogP contribution >= 0.6 is 46.1 Å². The van der Waals surface area contributed by atoms with Crippen LogP contribution in [0.15, 0.2) is 95.0 Å². The molecule has 0 spiro atoms. The van der Waals surface area contributed by atoms with Gasteiger partial charge in [-0.2, -0.15) is 8.42 Å². The van der Waals surface area contributed by atoms with Crippen molar-refractivity contribution in [2.24, 2.45) is 15.7 Å². The number of ether oxygens (including phenoxy) is 1. The molecule has 1 N–H and O–H groups in total. The Kier molecular flexibility index (Phi) is 10.6. The van der Waals surface area contributed by atoms with Crippen LogP contribution in [0.25, 0.3) is 15.2 Å². The second kappa shape index (κ2) is 14.2. The van der Waals surface area contributed by atoms with Crippen LogP contribution in [0.3, 0.4) is 0 Å². The third-order valence-electron chi connectivity index (χ3n) is 8.57. The molecule has 0 bridgehead atoms. The van der Waals surface area contributed by atoms with Crippen molar-refractivity contribution in [3.63, 3.8) is 0 Å². The van der Waals surface area contributed by atoms with E-state index in [-0.39, 0.29) is 35.3 Å². The largest absolute Gasteiger partial charge is 0.472 e. The van der Waals surface area contributed by atoms with Gasteiger partial charge in [0.25, 0.3) is 10.0 Å². The van der Waals surface area contributed by atoms with Gasteiger partial charge >= 0.3 is 0 Å². The maximum Gasteiger partial charge on any atom is 0.286 e. The van der Waals surface area contributed by atoms with Crippen molar-refractivity contribution in [2.45, 2.75) is 49.4 Å². The Morgan fingerprint density at radius 2 is 1.83 bits per heavy atom. The van der Waals surface area contributed by atoms with Crippen LogP contribution in [-0.4, -0.2) is 45.8 Å². The predicted octanol–water partition coefficient (Wildman–Crippen LogP) is 8.33. The Balaban J connectivity index is 0.000000144. The number of carbonyl (C=O) groups is 1. The van der Waals surface area contributed by atoms with Gasteiger partial charge < -0.3 is 10.1 Å². The Bertz CT molecular complexity index is 2110. The van der Waals surface area contributed by atoms with Crippen molar-refractivity contribution in [1.29, 1.82) is 0 Å². The van der Waals surface area contributed by atoms with E-state index in [1.54, 1.807) is 35.9 Å². The van der Waals surface area contributed by atoms with E-state index in [0.29, 0.717) is 17.0 Å². The van der Waals surface area contributed by atoms with E-state index in [9.17, 15) is 13.2 Å². The predicted molar refractivity (Wildman–Crippen MR) is 194 cm³/mol. The number of halogens is 3. The number of rotatable bonds is 6. The molecule has 0 saturated heterocycles. The van der Waals surface area contributed by atoms with Crippen molar-refractivity contribution >= 4 is 83.1 Å². The quantitative estimate of drug-likeness (QED) is 0.138. The molecule has 3 atom stereocenters. The Labute approximate surface area is 298 Å². The summed E-state index contributed by atoms with van der Waals surface area (Å²) in [6.45, 7) is 11.6. The number of fused-ring (bicyclic) bond motifs is 4. The first-order chi connectivity index (χ1) is 22.8. The van der Waals surface area contributed by atoms with Crippen molar-refractivity contribution in [3.8, 4) is 0 Å². The fraction of sp³-hybridized carbons (Fsp3) is 0.294. The number of para-hydroxylation sites is 1. The number of hydrogen-bond donors (Lipinski definition) is 1. The molecule has 9 nitrogen and oxygen atoms in total. The highest BCUT2D eigenvalue weighted by atomic mass is 35.5. The molecule has 252 valence electrons. The summed E-state index contributed by atoms with van der Waals surface area (Å²) < 4.78 is 34.1. The second-order valence-corrected chi connectivity index (χ2v) is 15.8. The summed E-state index contributed by atoms with van der Waals surface area (Å²) in [5.41, 5.74) is 3.32. The first kappa shape index (κ1) is 35.8. The van der Waals surface area contributed by atoms with E-state index in [1.165, 1.54) is 27.9 Å². The molecule has 3 heterocycles. The zero-order chi connectivity index (χ0) is 34.9. The SMILES string of the molecule is C=CCOC1=NS(=O)(=O)c2ccccc21.CCC1(C(=O)NC(C)c2ccc(Cl)cc2)C(C)C1(Cl)Cl.Cc1cccc2sc3nncn3c12. The summed E-state index contributed by atoms with van der Waals surface area (Å²) in [6, 6.07) is 20.2. The Hall–Kier alpha value is -3.48. The zero-order valence-electron chi connectivity index (χ0n) is 26.7. The molecule has 1 fully saturated rings. The number of hydrogen-bond acceptors (Lipinski definition) is 7. The molecule has 1 amide bonds. The molecule has 1 saturated carbocycles. The van der Waals surface area contributed by atoms with E-state index >= 15 is 0 Å². The van der Waals surface area contributed by atoms with Gasteiger partial charge in [-0.1, -0.05) is 85.8 Å². The van der Waals surface area contributed by atoms with E-state index in [1.807, 2.05) is 49.4 Å². The molecule has 0 radical (unpaired) electrons. The van der Waals surface area contributed by atoms with E-state index < -0.39 is 19.8 Å². The molecule has 7 rings (SSSR count). The fourth-order valence-electron chi connectivity index (χ4n) is 5.74. The van der Waals surface area contributed by atoms with Crippen LogP contribution in [0.1, 0.15) is 49.9 Å². The lowest BCUT2D eigenvalue weighted by Crippen LogP contribution is -2.36. The number of nitrogens with one attached hydrogen (secondary N) is 1. The van der Waals surface area contributed by atoms with Gasteiger partial charge in [0.2, 0.25) is 16.8 Å². The summed E-state index contributed by atoms with van der Waals surface area (Å²) in [5, 5.41) is 11.6. The minimum absolute atomic E-state index is 0.0410. The lowest BCUT2D eigenvalue weighted by atomic mass is 9.98. The van der Waals surface area contributed by atoms with Gasteiger partial charge in [-0.15, -0.1) is 37.8 Å². The highest BCUT2D eigenvalue weighted by Gasteiger charge is 2.76. The summed E-state index contributed by atoms with van der Waals surface area (Å²) in [6.07, 6.45) is 3.93. The van der Waals surface area contributed by atoms with Gasteiger partial charge in [0.15, 0.2) is 0 Å². The molecule has 14 heteroatoms. The van der Waals surface area contributed by atoms with E-state index in [4.69, 9.17) is 39.5 Å². The van der Waals surface area contributed by atoms with E-state index in [0.717, 1.165) is 10.5 Å². The minimum atomic E-state index is -3.56. The standard InChI is InChI=1S/C15H18Cl3NO.C10H9NO3S.C9H7N3S/c1-4-14(10(3)15(14,17)18)13(20)19-9(2)11-5-7-12(16)8-6-11;1-2-7-14-10-8-5-3-4-6-9(8)15(12,13)11-10;1-6-3-2-4-7-8(6)12-5-10-11-9(12)13-7/h5-10H,4H2,1-3H3,(H,19,20);2-6H,1,7H2;2-5H,1H3. The van der Waals surface area contributed by atoms with Crippen LogP contribution in [0.5, 0.6) is 0 Å². The molecule has 1 aliphatic carbocycles. The summed E-state index contributed by atoms with van der Waals surface area (Å²) in [7, 11) is -3.56. The minimum Gasteiger partial charge on any atom is -0.472 e. The van der Waals surface area contributed by atoms with Crippen LogP contribution in [0.2, 0.25) is 5.02 Å². The molecule has 48 heavy (non-hydrogen) atoms. The van der Waals surface area contributed by atoms with Crippen molar-refractivity contribution in [1.82, 2.24) is 19.9 Å². The molecule has 3 aromatic carbocycles. The molecular weight excluding hydrogens is 713 g/mol. The van der Waals surface area contributed by atoms with Crippen LogP contribution in [0.4, 0.5) is 0 Å². The van der Waals surface area contributed by atoms with Crippen molar-refractivity contribution in [3.05, 3.63) is 107 Å². The van der Waals surface area contributed by atoms with Crippen molar-refractivity contribution < 1.29 is 17.9 Å². The number of alkyl halides is 2. The lowest BCUT2D eigenvalue weighted by Gasteiger charge is -2.20. The molecule has 1 aliphatic heterocycles. The normalized spacial score (nSPS) is 20.3. The average molecular weight is 747 g/mol. The van der Waals surface area contributed by atoms with Gasteiger partial charge in [0.1, 0.15) is 22.2 Å². The highest BCUT2D eigenvalue weighted by molar-refractivity contribution is 7.90. The highest BCUT2D eigenvalue weighted by Crippen LogP contribution is 2.70. The number of thiazole rings is 1. The maximum atomic E-state index is 12.5. The first-order valence-electron chi connectivity index (χ1n) is 15.1. The topological polar surface area (TPSA) is 115 Å². The van der Waals surface area contributed by atoms with Gasteiger partial charge in [0.05, 0.1) is 27.2 Å². The third-order valence-corrected chi connectivity index (χ3v) is 12.5. The summed E-state index contributed by atoms with van der Waals surface area (Å²) >= 11 is 20.0. The monoisotopic (exact) mass is 745 g/mol. The van der Waals surface area contributed by atoms with Gasteiger partial charge in [-0.25, -0.2) is 0 Å². The number of amides is 1. The van der Waals surface area contributed by atoms with Gasteiger partial charge in [0, 0.05) is 10.9 Å². The smallest absolute Gasteiger partial charge is 0.286 e. The van der Waals surface area contributed by atoms with Crippen LogP contribution < -0.4 is 5.32 Å². The number of nitrogens with zero attached hydrogens (tertiary/aromatic N) is 4. The molecule has 5 aromatic rings. The molecule has 2 aromatic heterocycles. The number of aryl methyl sites for hydroxylation is 1. The van der Waals surface area contributed by atoms with Gasteiger partial charge in [-0.05, 0) is 61.7 Å². The molecule has 2 aliphatic rings. The second-order valence-electron chi connectivity index (χ2n) is 11.4. The Morgan fingerprint density at radius 3 is 2.48 bits per heavy atom. The van der Waals surface area contributed by atoms with Crippen LogP contribution in [0, 0.1) is 18.3 Å². The number of carbonyl (C=O) groups excluding carboxylic acids is 1. The fourth-order valence-corrected chi connectivity index (χ4v) is 9.07. The van der Waals surface area contributed by atoms with E-state index in [2.05, 4.69) is 51.6 Å². The zero-order valence-corrected chi connectivity index (χ0v) is 30.6. The maximum absolute atomic E-state index is 12.5. The summed E-state index contributed by atoms with van der Waals surface area (Å²) in [5.74, 6) is 0.0196.